The molecule has 0 saturated heterocycles. The van der Waals surface area contributed by atoms with Gasteiger partial charge in [0.25, 0.3) is 0 Å². The molecule has 0 amide bonds. The lowest BCUT2D eigenvalue weighted by molar-refractivity contribution is -0.144. The summed E-state index contributed by atoms with van der Waals surface area (Å²) in [5.41, 5.74) is 0. The Labute approximate surface area is 88.3 Å². The maximum atomic E-state index is 11.0. The molecule has 0 aromatic rings. The molecule has 82 valence electrons. The Balaban J connectivity index is 3.53. The quantitative estimate of drug-likeness (QED) is 0.627. The van der Waals surface area contributed by atoms with Gasteiger partial charge in [-0.1, -0.05) is 6.92 Å². The Bertz CT molecular complexity index is 193. The van der Waals surface area contributed by atoms with Crippen LogP contribution in [0.3, 0.4) is 0 Å². The zero-order chi connectivity index (χ0) is 11.0. The largest absolute Gasteiger partial charge is 0.469 e. The number of esters is 2. The molecule has 5 heteroatoms. The van der Waals surface area contributed by atoms with Crippen LogP contribution in [-0.4, -0.2) is 37.2 Å². The average molecular weight is 220 g/mol. The minimum Gasteiger partial charge on any atom is -0.469 e. The third-order valence-electron chi connectivity index (χ3n) is 1.50. The highest BCUT2D eigenvalue weighted by molar-refractivity contribution is 7.99. The number of carbonyl (C=O) groups is 2. The van der Waals surface area contributed by atoms with E-state index in [1.807, 2.05) is 0 Å². The topological polar surface area (TPSA) is 52.6 Å². The number of hydrogen-bond acceptors (Lipinski definition) is 5. The van der Waals surface area contributed by atoms with Gasteiger partial charge in [-0.05, 0) is 6.92 Å². The highest BCUT2D eigenvalue weighted by Crippen LogP contribution is 2.09. The Morgan fingerprint density at radius 1 is 1.43 bits per heavy atom. The molecule has 0 bridgehead atoms. The van der Waals surface area contributed by atoms with Gasteiger partial charge in [-0.25, -0.2) is 0 Å². The number of ether oxygens (including phenoxy) is 2. The molecule has 4 nitrogen and oxygen atoms in total. The van der Waals surface area contributed by atoms with Crippen molar-refractivity contribution >= 4 is 23.7 Å². The van der Waals surface area contributed by atoms with Gasteiger partial charge in [-0.3, -0.25) is 9.59 Å². The van der Waals surface area contributed by atoms with E-state index in [4.69, 9.17) is 4.74 Å². The van der Waals surface area contributed by atoms with Gasteiger partial charge in [0.15, 0.2) is 0 Å². The molecule has 0 saturated carbocycles. The fourth-order valence-corrected chi connectivity index (χ4v) is 1.65. The van der Waals surface area contributed by atoms with Crippen molar-refractivity contribution in [3.05, 3.63) is 0 Å². The van der Waals surface area contributed by atoms with Gasteiger partial charge in [-0.2, -0.15) is 0 Å². The summed E-state index contributed by atoms with van der Waals surface area (Å²) in [4.78, 5) is 21.9. The monoisotopic (exact) mass is 220 g/mol. The van der Waals surface area contributed by atoms with E-state index in [1.165, 1.54) is 18.9 Å². The van der Waals surface area contributed by atoms with E-state index in [9.17, 15) is 9.59 Å². The molecular formula is C9H16O4S. The van der Waals surface area contributed by atoms with Gasteiger partial charge >= 0.3 is 11.9 Å². The van der Waals surface area contributed by atoms with Crippen molar-refractivity contribution in [1.29, 1.82) is 0 Å². The van der Waals surface area contributed by atoms with Crippen LogP contribution in [0.15, 0.2) is 0 Å². The Morgan fingerprint density at radius 2 is 2.07 bits per heavy atom. The number of thioether (sulfide) groups is 1. The smallest absolute Gasteiger partial charge is 0.315 e. The molecule has 0 radical (unpaired) electrons. The summed E-state index contributed by atoms with van der Waals surface area (Å²) in [5.74, 6) is 0.191. The standard InChI is InChI=1S/C9H16O4S/c1-4-13-8(10)6-14-5-7(2)9(11)12-3/h7H,4-6H2,1-3H3/t7-/m1/s1. The van der Waals surface area contributed by atoms with Crippen LogP contribution in [0.25, 0.3) is 0 Å². The van der Waals surface area contributed by atoms with Crippen molar-refractivity contribution in [2.24, 2.45) is 5.92 Å². The molecule has 14 heavy (non-hydrogen) atoms. The lowest BCUT2D eigenvalue weighted by atomic mass is 10.2. The van der Waals surface area contributed by atoms with Gasteiger partial charge in [0.2, 0.25) is 0 Å². The van der Waals surface area contributed by atoms with Crippen LogP contribution in [0.4, 0.5) is 0 Å². The number of methoxy groups -OCH3 is 1. The molecule has 0 N–H and O–H groups in total. The zero-order valence-corrected chi connectivity index (χ0v) is 9.56. The zero-order valence-electron chi connectivity index (χ0n) is 8.74. The highest BCUT2D eigenvalue weighted by Gasteiger charge is 2.13. The Morgan fingerprint density at radius 3 is 2.57 bits per heavy atom. The third kappa shape index (κ3) is 5.85. The molecule has 0 spiro atoms. The lowest BCUT2D eigenvalue weighted by Gasteiger charge is -2.07. The van der Waals surface area contributed by atoms with E-state index in [1.54, 1.807) is 13.8 Å². The maximum absolute atomic E-state index is 11.0. The number of hydrogen-bond donors (Lipinski definition) is 0. The van der Waals surface area contributed by atoms with Gasteiger partial charge < -0.3 is 9.47 Å². The van der Waals surface area contributed by atoms with Crippen molar-refractivity contribution in [2.45, 2.75) is 13.8 Å². The second-order valence-electron chi connectivity index (χ2n) is 2.74. The minimum absolute atomic E-state index is 0.181. The molecule has 0 rings (SSSR count). The minimum atomic E-state index is -0.249. The summed E-state index contributed by atoms with van der Waals surface area (Å²) in [7, 11) is 1.36. The summed E-state index contributed by atoms with van der Waals surface area (Å²) in [6.45, 7) is 3.93. The lowest BCUT2D eigenvalue weighted by Crippen LogP contribution is -2.16. The van der Waals surface area contributed by atoms with Crippen LogP contribution >= 0.6 is 11.8 Å². The van der Waals surface area contributed by atoms with Gasteiger partial charge in [0, 0.05) is 5.75 Å². The normalized spacial score (nSPS) is 11.9. The number of rotatable bonds is 6. The first kappa shape index (κ1) is 13.3. The summed E-state index contributed by atoms with van der Waals surface area (Å²) in [6, 6.07) is 0. The molecule has 0 aromatic carbocycles. The molecule has 0 aromatic heterocycles. The van der Waals surface area contributed by atoms with Crippen LogP contribution in [0, 0.1) is 5.92 Å². The Hall–Kier alpha value is -0.710. The molecule has 0 unspecified atom stereocenters. The van der Waals surface area contributed by atoms with Crippen molar-refractivity contribution in [3.63, 3.8) is 0 Å². The maximum Gasteiger partial charge on any atom is 0.315 e. The van der Waals surface area contributed by atoms with Gasteiger partial charge in [0.05, 0.1) is 25.4 Å². The van der Waals surface area contributed by atoms with Crippen molar-refractivity contribution < 1.29 is 19.1 Å². The third-order valence-corrected chi connectivity index (χ3v) is 2.67. The highest BCUT2D eigenvalue weighted by atomic mass is 32.2. The van der Waals surface area contributed by atoms with E-state index in [0.717, 1.165) is 0 Å². The van der Waals surface area contributed by atoms with Crippen LogP contribution in [0.5, 0.6) is 0 Å². The SMILES string of the molecule is CCOC(=O)CSC[C@@H](C)C(=O)OC. The first-order valence-corrected chi connectivity index (χ1v) is 5.58. The van der Waals surface area contributed by atoms with Gasteiger partial charge in [-0.15, -0.1) is 11.8 Å². The predicted molar refractivity (Wildman–Crippen MR) is 55.1 cm³/mol. The van der Waals surface area contributed by atoms with E-state index in [0.29, 0.717) is 12.4 Å². The number of carbonyl (C=O) groups excluding carboxylic acids is 2. The summed E-state index contributed by atoms with van der Waals surface area (Å²) >= 11 is 1.38. The van der Waals surface area contributed by atoms with Crippen LogP contribution in [-0.2, 0) is 19.1 Å². The van der Waals surface area contributed by atoms with E-state index >= 15 is 0 Å². The van der Waals surface area contributed by atoms with Crippen molar-refractivity contribution in [3.8, 4) is 0 Å². The molecule has 0 aliphatic carbocycles. The first-order chi connectivity index (χ1) is 6.61. The van der Waals surface area contributed by atoms with Crippen LogP contribution in [0.2, 0.25) is 0 Å². The van der Waals surface area contributed by atoms with E-state index in [-0.39, 0.29) is 23.6 Å². The van der Waals surface area contributed by atoms with Gasteiger partial charge in [0.1, 0.15) is 0 Å². The predicted octanol–water partition coefficient (Wildman–Crippen LogP) is 1.09. The summed E-state index contributed by atoms with van der Waals surface area (Å²) in [6.07, 6.45) is 0. The van der Waals surface area contributed by atoms with Crippen LogP contribution in [0.1, 0.15) is 13.8 Å². The second-order valence-corrected chi connectivity index (χ2v) is 3.77. The first-order valence-electron chi connectivity index (χ1n) is 4.43. The van der Waals surface area contributed by atoms with Crippen molar-refractivity contribution in [2.75, 3.05) is 25.2 Å². The van der Waals surface area contributed by atoms with Crippen molar-refractivity contribution in [1.82, 2.24) is 0 Å². The molecule has 0 aliphatic heterocycles. The Kier molecular flexibility index (Phi) is 7.28. The second kappa shape index (κ2) is 7.67. The fourth-order valence-electron chi connectivity index (χ4n) is 0.791. The summed E-state index contributed by atoms with van der Waals surface area (Å²) in [5, 5.41) is 0. The molecule has 0 fully saturated rings. The molecular weight excluding hydrogens is 204 g/mol. The summed E-state index contributed by atoms with van der Waals surface area (Å²) < 4.78 is 9.28. The molecule has 1 atom stereocenters. The fraction of sp³-hybridized carbons (Fsp3) is 0.778. The van der Waals surface area contributed by atoms with Crippen LogP contribution < -0.4 is 0 Å². The average Bonchev–Trinajstić information content (AvgIpc) is 2.16. The molecule has 0 heterocycles. The van der Waals surface area contributed by atoms with E-state index < -0.39 is 0 Å². The molecule has 0 aliphatic rings. The van der Waals surface area contributed by atoms with E-state index in [2.05, 4.69) is 4.74 Å².